The average molecular weight is 315 g/mol. The molecule has 0 fully saturated rings. The zero-order valence-electron chi connectivity index (χ0n) is 10.7. The van der Waals surface area contributed by atoms with Gasteiger partial charge >= 0.3 is 0 Å². The second-order valence-corrected chi connectivity index (χ2v) is 5.22. The summed E-state index contributed by atoms with van der Waals surface area (Å²) in [7, 11) is 0. The van der Waals surface area contributed by atoms with Crippen molar-refractivity contribution in [3.8, 4) is 5.75 Å². The monoisotopic (exact) mass is 314 g/mol. The number of halogens is 4. The van der Waals surface area contributed by atoms with E-state index in [0.29, 0.717) is 29.4 Å². The minimum Gasteiger partial charge on any atom is -0.493 e. The molecule has 1 aliphatic heterocycles. The Morgan fingerprint density at radius 2 is 1.76 bits per heavy atom. The normalized spacial score (nSPS) is 14.7. The van der Waals surface area contributed by atoms with Crippen LogP contribution in [-0.4, -0.2) is 11.7 Å². The smallest absolute Gasteiger partial charge is 0.194 e. The molecule has 1 N–H and O–H groups in total. The van der Waals surface area contributed by atoms with Gasteiger partial charge in [-0.3, -0.25) is 0 Å². The van der Waals surface area contributed by atoms with E-state index in [2.05, 4.69) is 0 Å². The van der Waals surface area contributed by atoms with Crippen LogP contribution in [0.15, 0.2) is 24.3 Å². The van der Waals surface area contributed by atoms with Crippen LogP contribution in [0.2, 0.25) is 5.02 Å². The highest BCUT2D eigenvalue weighted by Crippen LogP contribution is 2.38. The van der Waals surface area contributed by atoms with Gasteiger partial charge in [-0.05, 0) is 35.4 Å². The molecule has 1 unspecified atom stereocenters. The first-order valence-electron chi connectivity index (χ1n) is 6.25. The molecule has 0 saturated carbocycles. The summed E-state index contributed by atoms with van der Waals surface area (Å²) < 4.78 is 45.0. The number of aliphatic hydroxyl groups is 1. The Morgan fingerprint density at radius 1 is 1.10 bits per heavy atom. The van der Waals surface area contributed by atoms with Crippen molar-refractivity contribution in [3.63, 3.8) is 0 Å². The molecule has 2 aromatic rings. The van der Waals surface area contributed by atoms with Gasteiger partial charge in [-0.2, -0.15) is 0 Å². The number of ether oxygens (including phenoxy) is 1. The van der Waals surface area contributed by atoms with Crippen molar-refractivity contribution < 1.29 is 23.0 Å². The lowest BCUT2D eigenvalue weighted by Gasteiger charge is -2.16. The first-order valence-corrected chi connectivity index (χ1v) is 6.63. The van der Waals surface area contributed by atoms with Crippen molar-refractivity contribution in [1.82, 2.24) is 0 Å². The van der Waals surface area contributed by atoms with E-state index in [4.69, 9.17) is 16.3 Å². The molecule has 0 aromatic heterocycles. The van der Waals surface area contributed by atoms with Crippen molar-refractivity contribution in [3.05, 3.63) is 63.4 Å². The molecule has 1 aliphatic rings. The Kier molecular flexibility index (Phi) is 3.55. The van der Waals surface area contributed by atoms with Crippen molar-refractivity contribution >= 4 is 11.6 Å². The standard InChI is InChI=1S/C15H10ClF3O2/c16-9-3-7-1-2-21-15(7)10(6-9)14(20)8-4-11(17)13(19)12(18)5-8/h3-6,14,20H,1-2H2. The summed E-state index contributed by atoms with van der Waals surface area (Å²) in [5, 5.41) is 10.7. The molecule has 0 saturated heterocycles. The number of hydrogen-bond donors (Lipinski definition) is 1. The van der Waals surface area contributed by atoms with Crippen LogP contribution < -0.4 is 4.74 Å². The molecule has 21 heavy (non-hydrogen) atoms. The second kappa shape index (κ2) is 5.24. The highest BCUT2D eigenvalue weighted by atomic mass is 35.5. The molecule has 0 spiro atoms. The second-order valence-electron chi connectivity index (χ2n) is 4.78. The van der Waals surface area contributed by atoms with Crippen LogP contribution in [0.3, 0.4) is 0 Å². The Bertz CT molecular complexity index is 695. The zero-order valence-corrected chi connectivity index (χ0v) is 11.4. The lowest BCUT2D eigenvalue weighted by atomic mass is 9.98. The molecule has 0 aliphatic carbocycles. The zero-order chi connectivity index (χ0) is 15.1. The van der Waals surface area contributed by atoms with Crippen molar-refractivity contribution in [2.24, 2.45) is 0 Å². The van der Waals surface area contributed by atoms with Gasteiger partial charge in [-0.15, -0.1) is 0 Å². The maximum Gasteiger partial charge on any atom is 0.194 e. The molecule has 0 amide bonds. The topological polar surface area (TPSA) is 29.5 Å². The lowest BCUT2D eigenvalue weighted by molar-refractivity contribution is 0.212. The Labute approximate surface area is 123 Å². The third kappa shape index (κ3) is 2.47. The predicted molar refractivity (Wildman–Crippen MR) is 71.0 cm³/mol. The summed E-state index contributed by atoms with van der Waals surface area (Å²) in [4.78, 5) is 0. The summed E-state index contributed by atoms with van der Waals surface area (Å²) in [6.07, 6.45) is -0.720. The van der Waals surface area contributed by atoms with Gasteiger partial charge in [0.15, 0.2) is 17.5 Å². The van der Waals surface area contributed by atoms with Crippen LogP contribution in [0.5, 0.6) is 5.75 Å². The molecule has 0 bridgehead atoms. The number of aliphatic hydroxyl groups excluding tert-OH is 1. The first-order chi connectivity index (χ1) is 9.97. The maximum atomic E-state index is 13.3. The summed E-state index contributed by atoms with van der Waals surface area (Å²) in [5.41, 5.74) is 1.02. The third-order valence-corrected chi connectivity index (χ3v) is 3.61. The summed E-state index contributed by atoms with van der Waals surface area (Å²) >= 11 is 5.97. The van der Waals surface area contributed by atoms with Gasteiger partial charge in [-0.25, -0.2) is 13.2 Å². The Balaban J connectivity index is 2.09. The van der Waals surface area contributed by atoms with E-state index in [1.165, 1.54) is 6.07 Å². The van der Waals surface area contributed by atoms with Crippen molar-refractivity contribution in [2.45, 2.75) is 12.5 Å². The summed E-state index contributed by atoms with van der Waals surface area (Å²) in [6.45, 7) is 0.446. The number of rotatable bonds is 2. The molecule has 110 valence electrons. The molecule has 2 aromatic carbocycles. The fraction of sp³-hybridized carbons (Fsp3) is 0.200. The largest absolute Gasteiger partial charge is 0.493 e. The first kappa shape index (κ1) is 14.2. The molecule has 3 rings (SSSR count). The molecule has 6 heteroatoms. The van der Waals surface area contributed by atoms with Gasteiger partial charge in [0.05, 0.1) is 6.61 Å². The molecule has 0 radical (unpaired) electrons. The molecule has 1 heterocycles. The lowest BCUT2D eigenvalue weighted by Crippen LogP contribution is -2.05. The van der Waals surface area contributed by atoms with E-state index in [1.807, 2.05) is 0 Å². The van der Waals surface area contributed by atoms with Crippen LogP contribution in [0, 0.1) is 17.5 Å². The SMILES string of the molecule is OC(c1cc(F)c(F)c(F)c1)c1cc(Cl)cc2c1OCC2. The van der Waals surface area contributed by atoms with Crippen molar-refractivity contribution in [1.29, 1.82) is 0 Å². The van der Waals surface area contributed by atoms with E-state index < -0.39 is 23.6 Å². The van der Waals surface area contributed by atoms with E-state index in [1.54, 1.807) is 6.07 Å². The summed E-state index contributed by atoms with van der Waals surface area (Å²) in [6, 6.07) is 4.69. The van der Waals surface area contributed by atoms with Crippen molar-refractivity contribution in [2.75, 3.05) is 6.61 Å². The van der Waals surface area contributed by atoms with Gasteiger partial charge < -0.3 is 9.84 Å². The Hall–Kier alpha value is -1.72. The van der Waals surface area contributed by atoms with E-state index in [0.717, 1.165) is 17.7 Å². The molecule has 1 atom stereocenters. The van der Waals surface area contributed by atoms with Crippen LogP contribution in [0.4, 0.5) is 13.2 Å². The van der Waals surface area contributed by atoms with Gasteiger partial charge in [0.25, 0.3) is 0 Å². The molecule has 2 nitrogen and oxygen atoms in total. The maximum absolute atomic E-state index is 13.3. The Morgan fingerprint density at radius 3 is 2.43 bits per heavy atom. The van der Waals surface area contributed by atoms with Gasteiger partial charge in [0.1, 0.15) is 11.9 Å². The van der Waals surface area contributed by atoms with Gasteiger partial charge in [0.2, 0.25) is 0 Å². The quantitative estimate of drug-likeness (QED) is 0.855. The third-order valence-electron chi connectivity index (χ3n) is 3.39. The minimum atomic E-state index is -1.57. The molecular weight excluding hydrogens is 305 g/mol. The van der Waals surface area contributed by atoms with Crippen LogP contribution >= 0.6 is 11.6 Å². The fourth-order valence-corrected chi connectivity index (χ4v) is 2.66. The van der Waals surface area contributed by atoms with E-state index in [9.17, 15) is 18.3 Å². The number of hydrogen-bond acceptors (Lipinski definition) is 2. The van der Waals surface area contributed by atoms with Gasteiger partial charge in [0, 0.05) is 17.0 Å². The molecular formula is C15H10ClF3O2. The van der Waals surface area contributed by atoms with Crippen LogP contribution in [0.25, 0.3) is 0 Å². The minimum absolute atomic E-state index is 0.105. The van der Waals surface area contributed by atoms with E-state index >= 15 is 0 Å². The van der Waals surface area contributed by atoms with E-state index in [-0.39, 0.29) is 5.56 Å². The van der Waals surface area contributed by atoms with Gasteiger partial charge in [-0.1, -0.05) is 11.6 Å². The average Bonchev–Trinajstić information content (AvgIpc) is 2.90. The van der Waals surface area contributed by atoms with Crippen LogP contribution in [-0.2, 0) is 6.42 Å². The number of benzene rings is 2. The highest BCUT2D eigenvalue weighted by Gasteiger charge is 2.25. The number of fused-ring (bicyclic) bond motifs is 1. The predicted octanol–water partition coefficient (Wildman–Crippen LogP) is 3.77. The highest BCUT2D eigenvalue weighted by molar-refractivity contribution is 6.30. The van der Waals surface area contributed by atoms with Crippen LogP contribution in [0.1, 0.15) is 22.8 Å². The fourth-order valence-electron chi connectivity index (χ4n) is 2.41. The summed E-state index contributed by atoms with van der Waals surface area (Å²) in [5.74, 6) is -3.83.